The second kappa shape index (κ2) is 9.62. The van der Waals surface area contributed by atoms with Gasteiger partial charge in [-0.3, -0.25) is 0 Å². The van der Waals surface area contributed by atoms with Crippen LogP contribution in [0.2, 0.25) is 0 Å². The Kier molecular flexibility index (Phi) is 8.17. The highest BCUT2D eigenvalue weighted by molar-refractivity contribution is 5.38. The molecule has 0 radical (unpaired) electrons. The standard InChI is InChI=1S/C17H32N4O/c1-7-21(8-2)10-9-18-15-11-16(22-12-13(3)4)20-17(19-15)14(5)6/h11,13-14H,7-10,12H2,1-6H3,(H,18,19,20). The number of rotatable bonds is 10. The van der Waals surface area contributed by atoms with E-state index in [-0.39, 0.29) is 5.92 Å². The van der Waals surface area contributed by atoms with Crippen molar-refractivity contribution < 1.29 is 4.74 Å². The van der Waals surface area contributed by atoms with Crippen molar-refractivity contribution in [3.05, 3.63) is 11.9 Å². The largest absolute Gasteiger partial charge is 0.477 e. The van der Waals surface area contributed by atoms with E-state index in [4.69, 9.17) is 4.74 Å². The Morgan fingerprint density at radius 1 is 1.14 bits per heavy atom. The molecule has 0 amide bonds. The van der Waals surface area contributed by atoms with Crippen LogP contribution in [0.3, 0.4) is 0 Å². The van der Waals surface area contributed by atoms with Crippen molar-refractivity contribution in [2.45, 2.75) is 47.5 Å². The van der Waals surface area contributed by atoms with Crippen LogP contribution < -0.4 is 10.1 Å². The van der Waals surface area contributed by atoms with Crippen molar-refractivity contribution in [1.82, 2.24) is 14.9 Å². The summed E-state index contributed by atoms with van der Waals surface area (Å²) >= 11 is 0. The van der Waals surface area contributed by atoms with Gasteiger partial charge < -0.3 is 15.0 Å². The van der Waals surface area contributed by atoms with Crippen LogP contribution in [0.25, 0.3) is 0 Å². The van der Waals surface area contributed by atoms with Crippen LogP contribution in [-0.2, 0) is 0 Å². The topological polar surface area (TPSA) is 50.3 Å². The summed E-state index contributed by atoms with van der Waals surface area (Å²) < 4.78 is 5.77. The van der Waals surface area contributed by atoms with E-state index in [0.29, 0.717) is 18.4 Å². The Morgan fingerprint density at radius 2 is 1.82 bits per heavy atom. The monoisotopic (exact) mass is 308 g/mol. The van der Waals surface area contributed by atoms with Crippen LogP contribution in [0.15, 0.2) is 6.07 Å². The molecule has 5 nitrogen and oxygen atoms in total. The number of hydrogen-bond acceptors (Lipinski definition) is 5. The normalized spacial score (nSPS) is 11.5. The first-order chi connectivity index (χ1) is 10.5. The van der Waals surface area contributed by atoms with E-state index in [1.807, 2.05) is 6.07 Å². The van der Waals surface area contributed by atoms with Crippen LogP contribution in [0, 0.1) is 5.92 Å². The fraction of sp³-hybridized carbons (Fsp3) is 0.765. The Bertz CT molecular complexity index is 431. The lowest BCUT2D eigenvalue weighted by atomic mass is 10.2. The smallest absolute Gasteiger partial charge is 0.218 e. The predicted molar refractivity (Wildman–Crippen MR) is 92.7 cm³/mol. The maximum atomic E-state index is 5.77. The fourth-order valence-electron chi connectivity index (χ4n) is 2.00. The minimum Gasteiger partial charge on any atom is -0.477 e. The van der Waals surface area contributed by atoms with E-state index in [0.717, 1.165) is 37.8 Å². The molecule has 1 aromatic heterocycles. The second-order valence-electron chi connectivity index (χ2n) is 6.26. The number of anilines is 1. The zero-order valence-electron chi connectivity index (χ0n) is 15.0. The molecule has 0 aliphatic carbocycles. The molecule has 0 bridgehead atoms. The third-order valence-electron chi connectivity index (χ3n) is 3.43. The lowest BCUT2D eigenvalue weighted by Gasteiger charge is -2.18. The number of aromatic nitrogens is 2. The first-order valence-electron chi connectivity index (χ1n) is 8.44. The van der Waals surface area contributed by atoms with E-state index < -0.39 is 0 Å². The lowest BCUT2D eigenvalue weighted by Crippen LogP contribution is -2.28. The highest BCUT2D eigenvalue weighted by atomic mass is 16.5. The summed E-state index contributed by atoms with van der Waals surface area (Å²) in [5, 5.41) is 3.39. The van der Waals surface area contributed by atoms with E-state index >= 15 is 0 Å². The van der Waals surface area contributed by atoms with Gasteiger partial charge in [-0.05, 0) is 19.0 Å². The van der Waals surface area contributed by atoms with Crippen LogP contribution in [-0.4, -0.2) is 47.7 Å². The summed E-state index contributed by atoms with van der Waals surface area (Å²) in [6.45, 7) is 17.5. The van der Waals surface area contributed by atoms with Gasteiger partial charge in [0.1, 0.15) is 11.6 Å². The molecule has 0 saturated heterocycles. The number of hydrogen-bond donors (Lipinski definition) is 1. The molecule has 0 unspecified atom stereocenters. The first kappa shape index (κ1) is 18.7. The molecule has 1 rings (SSSR count). The summed E-state index contributed by atoms with van der Waals surface area (Å²) in [4.78, 5) is 11.5. The Balaban J connectivity index is 2.71. The molecular formula is C17H32N4O. The van der Waals surface area contributed by atoms with Crippen molar-refractivity contribution >= 4 is 5.82 Å². The number of nitrogens with one attached hydrogen (secondary N) is 1. The quantitative estimate of drug-likeness (QED) is 0.718. The molecule has 1 N–H and O–H groups in total. The minimum atomic E-state index is 0.283. The molecule has 0 aliphatic rings. The third kappa shape index (κ3) is 6.60. The van der Waals surface area contributed by atoms with Gasteiger partial charge in [0.2, 0.25) is 5.88 Å². The van der Waals surface area contributed by atoms with Crippen LogP contribution in [0.1, 0.15) is 53.3 Å². The maximum absolute atomic E-state index is 5.77. The molecule has 0 fully saturated rings. The summed E-state index contributed by atoms with van der Waals surface area (Å²) in [6, 6.07) is 1.90. The van der Waals surface area contributed by atoms with Gasteiger partial charge in [-0.15, -0.1) is 0 Å². The molecule has 1 heterocycles. The zero-order chi connectivity index (χ0) is 16.5. The van der Waals surface area contributed by atoms with Gasteiger partial charge in [0.25, 0.3) is 0 Å². The van der Waals surface area contributed by atoms with E-state index in [9.17, 15) is 0 Å². The first-order valence-corrected chi connectivity index (χ1v) is 8.44. The van der Waals surface area contributed by atoms with E-state index in [1.165, 1.54) is 0 Å². The number of ether oxygens (including phenoxy) is 1. The van der Waals surface area contributed by atoms with Crippen molar-refractivity contribution in [3.8, 4) is 5.88 Å². The Morgan fingerprint density at radius 3 is 2.36 bits per heavy atom. The van der Waals surface area contributed by atoms with Crippen molar-refractivity contribution in [2.75, 3.05) is 38.1 Å². The van der Waals surface area contributed by atoms with Gasteiger partial charge in [-0.25, -0.2) is 4.98 Å². The molecule has 1 aromatic rings. The molecule has 0 saturated carbocycles. The summed E-state index contributed by atoms with van der Waals surface area (Å²) in [5.74, 6) is 3.11. The lowest BCUT2D eigenvalue weighted by molar-refractivity contribution is 0.260. The molecule has 0 atom stereocenters. The molecule has 5 heteroatoms. The van der Waals surface area contributed by atoms with Gasteiger partial charge in [0.15, 0.2) is 0 Å². The molecule has 0 aromatic carbocycles. The van der Waals surface area contributed by atoms with Crippen LogP contribution in [0.5, 0.6) is 5.88 Å². The minimum absolute atomic E-state index is 0.283. The summed E-state index contributed by atoms with van der Waals surface area (Å²) in [6.07, 6.45) is 0. The average Bonchev–Trinajstić information content (AvgIpc) is 2.49. The number of likely N-dealkylation sites (N-methyl/N-ethyl adjacent to an activating group) is 1. The van der Waals surface area contributed by atoms with Crippen molar-refractivity contribution in [3.63, 3.8) is 0 Å². The molecule has 0 spiro atoms. The van der Waals surface area contributed by atoms with E-state index in [1.54, 1.807) is 0 Å². The fourth-order valence-corrected chi connectivity index (χ4v) is 2.00. The molecule has 126 valence electrons. The SMILES string of the molecule is CCN(CC)CCNc1cc(OCC(C)C)nc(C(C)C)n1. The second-order valence-corrected chi connectivity index (χ2v) is 6.26. The van der Waals surface area contributed by atoms with Gasteiger partial charge >= 0.3 is 0 Å². The number of nitrogens with zero attached hydrogens (tertiary/aromatic N) is 3. The van der Waals surface area contributed by atoms with Crippen LogP contribution >= 0.6 is 0 Å². The summed E-state index contributed by atoms with van der Waals surface area (Å²) in [7, 11) is 0. The Hall–Kier alpha value is -1.36. The average molecular weight is 308 g/mol. The van der Waals surface area contributed by atoms with Crippen LogP contribution in [0.4, 0.5) is 5.82 Å². The molecule has 0 aliphatic heterocycles. The Labute approximate surface area is 135 Å². The van der Waals surface area contributed by atoms with E-state index in [2.05, 4.69) is 61.7 Å². The molecular weight excluding hydrogens is 276 g/mol. The van der Waals surface area contributed by atoms with Crippen molar-refractivity contribution in [2.24, 2.45) is 5.92 Å². The molecule has 22 heavy (non-hydrogen) atoms. The highest BCUT2D eigenvalue weighted by Gasteiger charge is 2.10. The maximum Gasteiger partial charge on any atom is 0.218 e. The zero-order valence-corrected chi connectivity index (χ0v) is 15.0. The van der Waals surface area contributed by atoms with Gasteiger partial charge in [-0.2, -0.15) is 4.98 Å². The third-order valence-corrected chi connectivity index (χ3v) is 3.43. The van der Waals surface area contributed by atoms with Gasteiger partial charge in [-0.1, -0.05) is 41.5 Å². The predicted octanol–water partition coefficient (Wildman–Crippen LogP) is 3.39. The summed E-state index contributed by atoms with van der Waals surface area (Å²) in [5.41, 5.74) is 0. The van der Waals surface area contributed by atoms with Crippen molar-refractivity contribution in [1.29, 1.82) is 0 Å². The highest BCUT2D eigenvalue weighted by Crippen LogP contribution is 2.19. The van der Waals surface area contributed by atoms with Gasteiger partial charge in [0.05, 0.1) is 6.61 Å². The van der Waals surface area contributed by atoms with Gasteiger partial charge in [0, 0.05) is 25.1 Å².